The molecule has 2 aromatic rings. The number of anilines is 1. The lowest BCUT2D eigenvalue weighted by Gasteiger charge is -2.33. The molecule has 2 amide bonds. The summed E-state index contributed by atoms with van der Waals surface area (Å²) in [7, 11) is 0. The molecule has 3 rings (SSSR count). The highest BCUT2D eigenvalue weighted by Crippen LogP contribution is 2.35. The van der Waals surface area contributed by atoms with Gasteiger partial charge in [-0.1, -0.05) is 11.6 Å². The number of hydrogen-bond donors (Lipinski definition) is 2. The van der Waals surface area contributed by atoms with Crippen molar-refractivity contribution in [3.63, 3.8) is 0 Å². The minimum absolute atomic E-state index is 0.172. The van der Waals surface area contributed by atoms with Crippen LogP contribution in [0.25, 0.3) is 0 Å². The zero-order valence-electron chi connectivity index (χ0n) is 11.7. The van der Waals surface area contributed by atoms with Gasteiger partial charge in [0.25, 0.3) is 17.4 Å². The first-order chi connectivity index (χ1) is 10.5. The van der Waals surface area contributed by atoms with E-state index in [0.29, 0.717) is 22.2 Å². The van der Waals surface area contributed by atoms with Gasteiger partial charge >= 0.3 is 0 Å². The second-order valence-electron chi connectivity index (χ2n) is 4.99. The summed E-state index contributed by atoms with van der Waals surface area (Å²) < 4.78 is 10.7. The van der Waals surface area contributed by atoms with Crippen molar-refractivity contribution in [2.75, 3.05) is 5.32 Å². The van der Waals surface area contributed by atoms with E-state index in [1.807, 2.05) is 0 Å². The van der Waals surface area contributed by atoms with E-state index in [9.17, 15) is 9.59 Å². The molecule has 0 fully saturated rings. The number of nitrogens with one attached hydrogen (secondary N) is 2. The number of hydrogen-bond acceptors (Lipinski definition) is 4. The van der Waals surface area contributed by atoms with Gasteiger partial charge in [0.2, 0.25) is 0 Å². The Balaban J connectivity index is 1.78. The van der Waals surface area contributed by atoms with Crippen LogP contribution in [0.15, 0.2) is 41.0 Å². The van der Waals surface area contributed by atoms with Crippen molar-refractivity contribution >= 4 is 29.1 Å². The molecular formula is C15H13ClN2O4. The Morgan fingerprint density at radius 1 is 1.41 bits per heavy atom. The molecule has 0 spiro atoms. The molecule has 0 unspecified atom stereocenters. The number of benzene rings is 1. The van der Waals surface area contributed by atoms with Crippen molar-refractivity contribution in [1.29, 1.82) is 0 Å². The maximum atomic E-state index is 12.3. The second kappa shape index (κ2) is 5.38. The molecule has 1 aliphatic heterocycles. The molecule has 0 bridgehead atoms. The fourth-order valence-corrected chi connectivity index (χ4v) is 2.27. The van der Waals surface area contributed by atoms with Gasteiger partial charge in [-0.2, -0.15) is 0 Å². The van der Waals surface area contributed by atoms with Gasteiger partial charge in [0.1, 0.15) is 11.5 Å². The lowest BCUT2D eigenvalue weighted by atomic mass is 10.0. The molecule has 0 saturated heterocycles. The zero-order chi connectivity index (χ0) is 15.7. The number of ether oxygens (including phenoxy) is 1. The molecule has 114 valence electrons. The first kappa shape index (κ1) is 14.5. The van der Waals surface area contributed by atoms with Crippen LogP contribution in [0, 0.1) is 0 Å². The molecule has 0 radical (unpaired) electrons. The second-order valence-corrected chi connectivity index (χ2v) is 5.43. The van der Waals surface area contributed by atoms with Gasteiger partial charge < -0.3 is 19.8 Å². The van der Waals surface area contributed by atoms with Crippen LogP contribution >= 0.6 is 11.6 Å². The third-order valence-electron chi connectivity index (χ3n) is 3.37. The van der Waals surface area contributed by atoms with Gasteiger partial charge in [-0.05, 0) is 37.3 Å². The Bertz CT molecular complexity index is 729. The van der Waals surface area contributed by atoms with Crippen molar-refractivity contribution in [3.8, 4) is 5.75 Å². The third-order valence-corrected chi connectivity index (χ3v) is 3.61. The smallest absolute Gasteiger partial charge is 0.278 e. The van der Waals surface area contributed by atoms with Crippen molar-refractivity contribution in [1.82, 2.24) is 5.32 Å². The normalized spacial score (nSPS) is 19.8. The summed E-state index contributed by atoms with van der Waals surface area (Å²) in [4.78, 5) is 24.6. The largest absolute Gasteiger partial charge is 0.467 e. The van der Waals surface area contributed by atoms with E-state index in [1.54, 1.807) is 30.3 Å². The Labute approximate surface area is 131 Å². The highest BCUT2D eigenvalue weighted by molar-refractivity contribution is 6.31. The van der Waals surface area contributed by atoms with Crippen LogP contribution in [-0.4, -0.2) is 17.4 Å². The summed E-state index contributed by atoms with van der Waals surface area (Å²) in [5.74, 6) is -0.138. The van der Waals surface area contributed by atoms with Crippen LogP contribution < -0.4 is 15.4 Å². The molecule has 0 saturated carbocycles. The Kier molecular flexibility index (Phi) is 3.54. The van der Waals surface area contributed by atoms with E-state index in [0.717, 1.165) is 0 Å². The summed E-state index contributed by atoms with van der Waals surface area (Å²) in [6, 6.07) is 8.23. The maximum absolute atomic E-state index is 12.3. The average Bonchev–Trinajstić information content (AvgIpc) is 2.99. The van der Waals surface area contributed by atoms with Crippen LogP contribution in [0.4, 0.5) is 5.69 Å². The molecular weight excluding hydrogens is 308 g/mol. The topological polar surface area (TPSA) is 80.6 Å². The Hall–Kier alpha value is -2.47. The average molecular weight is 321 g/mol. The first-order valence-corrected chi connectivity index (χ1v) is 6.97. The van der Waals surface area contributed by atoms with Gasteiger partial charge in [0, 0.05) is 5.02 Å². The molecule has 22 heavy (non-hydrogen) atoms. The van der Waals surface area contributed by atoms with Crippen molar-refractivity contribution in [2.24, 2.45) is 0 Å². The third kappa shape index (κ3) is 2.53. The van der Waals surface area contributed by atoms with Crippen molar-refractivity contribution in [3.05, 3.63) is 47.4 Å². The minimum atomic E-state index is -1.66. The van der Waals surface area contributed by atoms with Crippen LogP contribution in [0.2, 0.25) is 5.02 Å². The summed E-state index contributed by atoms with van der Waals surface area (Å²) in [6.07, 6.45) is 1.51. The van der Waals surface area contributed by atoms with Gasteiger partial charge in [-0.25, -0.2) is 0 Å². The van der Waals surface area contributed by atoms with E-state index in [2.05, 4.69) is 10.6 Å². The van der Waals surface area contributed by atoms with Crippen LogP contribution in [0.3, 0.4) is 0 Å². The van der Waals surface area contributed by atoms with E-state index >= 15 is 0 Å². The minimum Gasteiger partial charge on any atom is -0.467 e. The first-order valence-electron chi connectivity index (χ1n) is 6.60. The number of rotatable bonds is 3. The van der Waals surface area contributed by atoms with Gasteiger partial charge in [0.15, 0.2) is 0 Å². The fraction of sp³-hybridized carbons (Fsp3) is 0.200. The monoisotopic (exact) mass is 320 g/mol. The Morgan fingerprint density at radius 2 is 2.23 bits per heavy atom. The molecule has 1 atom stereocenters. The van der Waals surface area contributed by atoms with Gasteiger partial charge in [-0.15, -0.1) is 0 Å². The summed E-state index contributed by atoms with van der Waals surface area (Å²) in [5, 5.41) is 5.72. The molecule has 1 aliphatic rings. The van der Waals surface area contributed by atoms with E-state index in [4.69, 9.17) is 20.8 Å². The number of halogens is 1. The fourth-order valence-electron chi connectivity index (χ4n) is 2.10. The molecule has 6 nitrogen and oxygen atoms in total. The van der Waals surface area contributed by atoms with E-state index in [1.165, 1.54) is 13.2 Å². The molecule has 0 aliphatic carbocycles. The highest BCUT2D eigenvalue weighted by Gasteiger charge is 2.47. The van der Waals surface area contributed by atoms with Gasteiger partial charge in [-0.3, -0.25) is 9.59 Å². The number of amides is 2. The molecule has 2 N–H and O–H groups in total. The molecule has 7 heteroatoms. The van der Waals surface area contributed by atoms with Crippen LogP contribution in [0.1, 0.15) is 12.7 Å². The number of carbonyl (C=O) groups is 2. The highest BCUT2D eigenvalue weighted by atomic mass is 35.5. The SMILES string of the molecule is C[C@]1(C(=O)NCc2ccco2)Oc2ccc(Cl)cc2NC1=O. The number of furan rings is 1. The molecule has 1 aromatic heterocycles. The van der Waals surface area contributed by atoms with Crippen molar-refractivity contribution in [2.45, 2.75) is 19.1 Å². The predicted octanol–water partition coefficient (Wildman–Crippen LogP) is 2.34. The molecule has 1 aromatic carbocycles. The number of carbonyl (C=O) groups excluding carboxylic acids is 2. The van der Waals surface area contributed by atoms with Crippen LogP contribution in [0.5, 0.6) is 5.75 Å². The quantitative estimate of drug-likeness (QED) is 0.851. The maximum Gasteiger partial charge on any atom is 0.278 e. The Morgan fingerprint density at radius 3 is 2.95 bits per heavy atom. The predicted molar refractivity (Wildman–Crippen MR) is 79.7 cm³/mol. The van der Waals surface area contributed by atoms with Crippen LogP contribution in [-0.2, 0) is 16.1 Å². The van der Waals surface area contributed by atoms with E-state index in [-0.39, 0.29) is 6.54 Å². The van der Waals surface area contributed by atoms with E-state index < -0.39 is 17.4 Å². The van der Waals surface area contributed by atoms with Crippen molar-refractivity contribution < 1.29 is 18.7 Å². The zero-order valence-corrected chi connectivity index (χ0v) is 12.4. The lowest BCUT2D eigenvalue weighted by Crippen LogP contribution is -2.58. The lowest BCUT2D eigenvalue weighted by molar-refractivity contribution is -0.146. The summed E-state index contributed by atoms with van der Waals surface area (Å²) in [6.45, 7) is 1.59. The number of fused-ring (bicyclic) bond motifs is 1. The summed E-state index contributed by atoms with van der Waals surface area (Å²) >= 11 is 5.87. The molecule has 2 heterocycles. The summed E-state index contributed by atoms with van der Waals surface area (Å²) in [5.41, 5.74) is -1.22. The standard InChI is InChI=1S/C15H13ClN2O4/c1-15(13(19)17-8-10-3-2-6-21-10)14(20)18-11-7-9(16)4-5-12(11)22-15/h2-7H,8H2,1H3,(H,17,19)(H,18,20)/t15-/m1/s1. The van der Waals surface area contributed by atoms with Gasteiger partial charge in [0.05, 0.1) is 18.5 Å².